The molecular formula is C14H19NO3S. The van der Waals surface area contributed by atoms with Gasteiger partial charge in [0.05, 0.1) is 4.90 Å². The number of rotatable bonds is 6. The van der Waals surface area contributed by atoms with E-state index < -0.39 is 9.84 Å². The minimum atomic E-state index is -3.16. The van der Waals surface area contributed by atoms with Crippen LogP contribution in [0.2, 0.25) is 0 Å². The molecule has 1 N–H and O–H groups in total. The first-order valence-electron chi connectivity index (χ1n) is 5.99. The van der Waals surface area contributed by atoms with E-state index in [1.807, 2.05) is 6.92 Å². The molecule has 0 radical (unpaired) electrons. The van der Waals surface area contributed by atoms with Crippen LogP contribution in [-0.2, 0) is 21.1 Å². The zero-order valence-electron chi connectivity index (χ0n) is 11.3. The quantitative estimate of drug-likeness (QED) is 0.807. The summed E-state index contributed by atoms with van der Waals surface area (Å²) in [6, 6.07) is 6.61. The average Bonchev–Trinajstić information content (AvgIpc) is 2.33. The Labute approximate surface area is 114 Å². The predicted octanol–water partition coefficient (Wildman–Crippen LogP) is 1.72. The summed E-state index contributed by atoms with van der Waals surface area (Å²) in [5, 5.41) is 2.75. The van der Waals surface area contributed by atoms with E-state index >= 15 is 0 Å². The van der Waals surface area contributed by atoms with Gasteiger partial charge in [-0.3, -0.25) is 4.79 Å². The summed E-state index contributed by atoms with van der Waals surface area (Å²) in [6.07, 6.45) is 2.14. The second kappa shape index (κ2) is 6.52. The van der Waals surface area contributed by atoms with Gasteiger partial charge >= 0.3 is 0 Å². The lowest BCUT2D eigenvalue weighted by atomic mass is 10.1. The van der Waals surface area contributed by atoms with Crippen LogP contribution in [0, 0.1) is 0 Å². The van der Waals surface area contributed by atoms with Gasteiger partial charge < -0.3 is 5.32 Å². The molecule has 0 fully saturated rings. The van der Waals surface area contributed by atoms with Crippen molar-refractivity contribution < 1.29 is 13.2 Å². The van der Waals surface area contributed by atoms with Crippen molar-refractivity contribution in [2.75, 3.05) is 12.8 Å². The number of nitrogens with one attached hydrogen (secondary N) is 1. The Bertz CT molecular complexity index is 559. The maximum Gasteiger partial charge on any atom is 0.220 e. The number of aryl methyl sites for hydroxylation is 1. The summed E-state index contributed by atoms with van der Waals surface area (Å²) in [6.45, 7) is 6.05. The van der Waals surface area contributed by atoms with Gasteiger partial charge in [0, 0.05) is 19.2 Å². The van der Waals surface area contributed by atoms with Crippen LogP contribution >= 0.6 is 0 Å². The van der Waals surface area contributed by atoms with E-state index in [4.69, 9.17) is 0 Å². The summed E-state index contributed by atoms with van der Waals surface area (Å²) in [5.41, 5.74) is 1.85. The van der Waals surface area contributed by atoms with Crippen LogP contribution in [0.5, 0.6) is 0 Å². The van der Waals surface area contributed by atoms with Gasteiger partial charge in [-0.2, -0.15) is 0 Å². The van der Waals surface area contributed by atoms with Crippen molar-refractivity contribution in [1.82, 2.24) is 5.32 Å². The lowest BCUT2D eigenvalue weighted by Gasteiger charge is -2.05. The molecule has 0 aliphatic heterocycles. The van der Waals surface area contributed by atoms with Crippen LogP contribution in [-0.4, -0.2) is 27.1 Å². The monoisotopic (exact) mass is 281 g/mol. The third-order valence-corrected chi connectivity index (χ3v) is 3.71. The van der Waals surface area contributed by atoms with Gasteiger partial charge in [-0.25, -0.2) is 8.42 Å². The van der Waals surface area contributed by atoms with Crippen molar-refractivity contribution in [1.29, 1.82) is 0 Å². The van der Waals surface area contributed by atoms with Gasteiger partial charge in [-0.15, -0.1) is 0 Å². The van der Waals surface area contributed by atoms with Crippen molar-refractivity contribution in [2.45, 2.75) is 24.7 Å². The molecule has 4 nitrogen and oxygen atoms in total. The molecule has 0 aliphatic rings. The highest BCUT2D eigenvalue weighted by Crippen LogP contribution is 2.11. The molecule has 0 aromatic heterocycles. The SMILES string of the molecule is C=C(C)CNC(=O)CCc1ccc(S(C)(=O)=O)cc1. The number of hydrogen-bond donors (Lipinski definition) is 1. The van der Waals surface area contributed by atoms with Crippen LogP contribution < -0.4 is 5.32 Å². The lowest BCUT2D eigenvalue weighted by Crippen LogP contribution is -2.24. The van der Waals surface area contributed by atoms with Gasteiger partial charge in [0.15, 0.2) is 9.84 Å². The number of benzene rings is 1. The average molecular weight is 281 g/mol. The van der Waals surface area contributed by atoms with Crippen LogP contribution in [0.4, 0.5) is 0 Å². The normalized spacial score (nSPS) is 11.1. The molecule has 0 bridgehead atoms. The zero-order chi connectivity index (χ0) is 14.5. The van der Waals surface area contributed by atoms with E-state index in [1.165, 1.54) is 6.26 Å². The zero-order valence-corrected chi connectivity index (χ0v) is 12.1. The fourth-order valence-corrected chi connectivity index (χ4v) is 2.13. The molecule has 1 rings (SSSR count). The van der Waals surface area contributed by atoms with E-state index in [0.717, 1.165) is 11.1 Å². The first kappa shape index (κ1) is 15.4. The Morgan fingerprint density at radius 1 is 1.26 bits per heavy atom. The highest BCUT2D eigenvalue weighted by Gasteiger charge is 2.07. The molecule has 19 heavy (non-hydrogen) atoms. The molecule has 104 valence electrons. The highest BCUT2D eigenvalue weighted by atomic mass is 32.2. The minimum absolute atomic E-state index is 0.0322. The number of carbonyl (C=O) groups excluding carboxylic acids is 1. The fourth-order valence-electron chi connectivity index (χ4n) is 1.50. The number of carbonyl (C=O) groups is 1. The van der Waals surface area contributed by atoms with Crippen molar-refractivity contribution in [3.05, 3.63) is 42.0 Å². The van der Waals surface area contributed by atoms with E-state index in [0.29, 0.717) is 24.3 Å². The van der Waals surface area contributed by atoms with Crippen molar-refractivity contribution in [2.24, 2.45) is 0 Å². The van der Waals surface area contributed by atoms with E-state index in [9.17, 15) is 13.2 Å². The van der Waals surface area contributed by atoms with E-state index in [-0.39, 0.29) is 5.91 Å². The predicted molar refractivity (Wildman–Crippen MR) is 75.7 cm³/mol. The number of sulfone groups is 1. The van der Waals surface area contributed by atoms with Gasteiger partial charge in [-0.05, 0) is 31.0 Å². The van der Waals surface area contributed by atoms with Crippen molar-refractivity contribution in [3.8, 4) is 0 Å². The van der Waals surface area contributed by atoms with Crippen LogP contribution in [0.3, 0.4) is 0 Å². The van der Waals surface area contributed by atoms with E-state index in [2.05, 4.69) is 11.9 Å². The largest absolute Gasteiger partial charge is 0.352 e. The van der Waals surface area contributed by atoms with Gasteiger partial charge in [0.1, 0.15) is 0 Å². The van der Waals surface area contributed by atoms with Gasteiger partial charge in [-0.1, -0.05) is 24.3 Å². The van der Waals surface area contributed by atoms with Crippen molar-refractivity contribution >= 4 is 15.7 Å². The van der Waals surface area contributed by atoms with Crippen LogP contribution in [0.25, 0.3) is 0 Å². The van der Waals surface area contributed by atoms with Crippen molar-refractivity contribution in [3.63, 3.8) is 0 Å². The Hall–Kier alpha value is -1.62. The first-order chi connectivity index (χ1) is 8.79. The molecule has 0 aliphatic carbocycles. The minimum Gasteiger partial charge on any atom is -0.352 e. The molecule has 1 amide bonds. The molecular weight excluding hydrogens is 262 g/mol. The summed E-state index contributed by atoms with van der Waals surface area (Å²) in [4.78, 5) is 11.8. The van der Waals surface area contributed by atoms with Crippen LogP contribution in [0.1, 0.15) is 18.9 Å². The third kappa shape index (κ3) is 5.70. The smallest absolute Gasteiger partial charge is 0.220 e. The molecule has 0 atom stereocenters. The Morgan fingerprint density at radius 3 is 2.32 bits per heavy atom. The second-order valence-corrected chi connectivity index (χ2v) is 6.67. The molecule has 0 spiro atoms. The summed E-state index contributed by atoms with van der Waals surface area (Å²) >= 11 is 0. The topological polar surface area (TPSA) is 63.2 Å². The standard InChI is InChI=1S/C14H19NO3S/c1-11(2)10-15-14(16)9-6-12-4-7-13(8-5-12)19(3,17)18/h4-5,7-8H,1,6,9-10H2,2-3H3,(H,15,16). The second-order valence-electron chi connectivity index (χ2n) is 4.65. The molecule has 0 unspecified atom stereocenters. The van der Waals surface area contributed by atoms with Gasteiger partial charge in [0.25, 0.3) is 0 Å². The molecule has 5 heteroatoms. The first-order valence-corrected chi connectivity index (χ1v) is 7.88. The Kier molecular flexibility index (Phi) is 5.30. The number of hydrogen-bond acceptors (Lipinski definition) is 3. The maximum atomic E-state index is 11.5. The summed E-state index contributed by atoms with van der Waals surface area (Å²) in [7, 11) is -3.16. The van der Waals surface area contributed by atoms with Gasteiger partial charge in [0.2, 0.25) is 5.91 Å². The molecule has 1 aromatic carbocycles. The maximum absolute atomic E-state index is 11.5. The molecule has 0 saturated carbocycles. The number of amides is 1. The fraction of sp³-hybridized carbons (Fsp3) is 0.357. The summed E-state index contributed by atoms with van der Waals surface area (Å²) in [5.74, 6) is -0.0322. The molecule has 0 saturated heterocycles. The van der Waals surface area contributed by atoms with E-state index in [1.54, 1.807) is 24.3 Å². The Balaban J connectivity index is 2.51. The molecule has 1 aromatic rings. The Morgan fingerprint density at radius 2 is 1.84 bits per heavy atom. The third-order valence-electron chi connectivity index (χ3n) is 2.58. The molecule has 0 heterocycles. The van der Waals surface area contributed by atoms with Crippen LogP contribution in [0.15, 0.2) is 41.3 Å². The summed E-state index contributed by atoms with van der Waals surface area (Å²) < 4.78 is 22.6. The highest BCUT2D eigenvalue weighted by molar-refractivity contribution is 7.90. The lowest BCUT2D eigenvalue weighted by molar-refractivity contribution is -0.120.